The molecule has 4 N–H and O–H groups in total. The molecule has 1 aromatic carbocycles. The molecule has 112 valence electrons. The summed E-state index contributed by atoms with van der Waals surface area (Å²) in [5.74, 6) is 0.336. The van der Waals surface area contributed by atoms with Gasteiger partial charge in [-0.3, -0.25) is 9.59 Å². The number of rotatable bonds is 5. The van der Waals surface area contributed by atoms with Crippen LogP contribution < -0.4 is 16.4 Å². The monoisotopic (exact) mass is 305 g/mol. The zero-order chi connectivity index (χ0) is 14.8. The highest BCUT2D eigenvalue weighted by atomic mass is 32.2. The molecule has 0 bridgehead atoms. The Hall–Kier alpha value is -1.53. The number of amides is 2. The van der Waals surface area contributed by atoms with Gasteiger partial charge in [0.05, 0.1) is 10.9 Å². The van der Waals surface area contributed by atoms with Crippen LogP contribution in [-0.4, -0.2) is 29.7 Å². The number of hydrogen-bond acceptors (Lipinski definition) is 4. The Labute approximate surface area is 128 Å². The van der Waals surface area contributed by atoms with Gasteiger partial charge < -0.3 is 16.4 Å². The summed E-state index contributed by atoms with van der Waals surface area (Å²) >= 11 is 1.44. The molecule has 6 heteroatoms. The SMILES string of the molecule is NC(CNC(=O)CC1Sc2ccccc2NC1=O)C1CC1. The summed E-state index contributed by atoms with van der Waals surface area (Å²) in [6.07, 6.45) is 2.51. The van der Waals surface area contributed by atoms with Crippen molar-refractivity contribution in [2.24, 2.45) is 11.7 Å². The summed E-state index contributed by atoms with van der Waals surface area (Å²) in [5, 5.41) is 5.30. The van der Waals surface area contributed by atoms with Crippen LogP contribution in [0.15, 0.2) is 29.2 Å². The largest absolute Gasteiger partial charge is 0.354 e. The summed E-state index contributed by atoms with van der Waals surface area (Å²) in [5.41, 5.74) is 6.77. The molecular formula is C15H19N3O2S. The van der Waals surface area contributed by atoms with E-state index >= 15 is 0 Å². The van der Waals surface area contributed by atoms with E-state index in [1.54, 1.807) is 0 Å². The third-order valence-corrected chi connectivity index (χ3v) is 5.12. The second-order valence-corrected chi connectivity index (χ2v) is 6.85. The van der Waals surface area contributed by atoms with Gasteiger partial charge in [0.1, 0.15) is 0 Å². The lowest BCUT2D eigenvalue weighted by molar-refractivity contribution is -0.124. The Morgan fingerprint density at radius 2 is 2.19 bits per heavy atom. The summed E-state index contributed by atoms with van der Waals surface area (Å²) in [7, 11) is 0. The zero-order valence-electron chi connectivity index (χ0n) is 11.7. The van der Waals surface area contributed by atoms with Crippen LogP contribution in [0.3, 0.4) is 0 Å². The number of carbonyl (C=O) groups is 2. The Bertz CT molecular complexity index is 560. The third-order valence-electron chi connectivity index (χ3n) is 3.84. The highest BCUT2D eigenvalue weighted by Gasteiger charge is 2.30. The maximum absolute atomic E-state index is 12.0. The Morgan fingerprint density at radius 1 is 1.43 bits per heavy atom. The average molecular weight is 305 g/mol. The minimum absolute atomic E-state index is 0.0440. The first kappa shape index (κ1) is 14.4. The molecule has 3 rings (SSSR count). The van der Waals surface area contributed by atoms with Crippen molar-refractivity contribution in [3.63, 3.8) is 0 Å². The first-order valence-electron chi connectivity index (χ1n) is 7.22. The van der Waals surface area contributed by atoms with Crippen molar-refractivity contribution in [1.82, 2.24) is 5.32 Å². The minimum atomic E-state index is -0.378. The van der Waals surface area contributed by atoms with E-state index in [0.717, 1.165) is 23.4 Å². The van der Waals surface area contributed by atoms with Gasteiger partial charge in [-0.1, -0.05) is 12.1 Å². The van der Waals surface area contributed by atoms with Crippen LogP contribution in [0.1, 0.15) is 19.3 Å². The van der Waals surface area contributed by atoms with Gasteiger partial charge in [0.25, 0.3) is 0 Å². The molecule has 1 aromatic rings. The number of nitrogens with two attached hydrogens (primary N) is 1. The van der Waals surface area contributed by atoms with Crippen molar-refractivity contribution in [2.75, 3.05) is 11.9 Å². The fourth-order valence-electron chi connectivity index (χ4n) is 2.39. The molecule has 1 saturated carbocycles. The van der Waals surface area contributed by atoms with E-state index in [-0.39, 0.29) is 29.5 Å². The second-order valence-electron chi connectivity index (χ2n) is 5.60. The lowest BCUT2D eigenvalue weighted by atomic mass is 10.2. The lowest BCUT2D eigenvalue weighted by Gasteiger charge is -2.23. The lowest BCUT2D eigenvalue weighted by Crippen LogP contribution is -2.41. The first-order chi connectivity index (χ1) is 10.1. The van der Waals surface area contributed by atoms with E-state index in [9.17, 15) is 9.59 Å². The molecule has 2 aliphatic rings. The Kier molecular flexibility index (Phi) is 4.17. The van der Waals surface area contributed by atoms with Crippen LogP contribution in [0.5, 0.6) is 0 Å². The number of carbonyl (C=O) groups excluding carboxylic acids is 2. The molecule has 5 nitrogen and oxygen atoms in total. The molecular weight excluding hydrogens is 286 g/mol. The van der Waals surface area contributed by atoms with E-state index in [1.165, 1.54) is 11.8 Å². The van der Waals surface area contributed by atoms with Gasteiger partial charge in [-0.05, 0) is 30.9 Å². The molecule has 0 spiro atoms. The number of anilines is 1. The van der Waals surface area contributed by atoms with Crippen LogP contribution in [0.25, 0.3) is 0 Å². The first-order valence-corrected chi connectivity index (χ1v) is 8.10. The van der Waals surface area contributed by atoms with E-state index in [1.807, 2.05) is 24.3 Å². The van der Waals surface area contributed by atoms with E-state index in [4.69, 9.17) is 5.73 Å². The standard InChI is InChI=1S/C15H19N3O2S/c16-10(9-5-6-9)8-17-14(19)7-13-15(20)18-11-3-1-2-4-12(11)21-13/h1-4,9-10,13H,5-8,16H2,(H,17,19)(H,18,20). The van der Waals surface area contributed by atoms with Gasteiger partial charge in [0, 0.05) is 23.9 Å². The van der Waals surface area contributed by atoms with E-state index < -0.39 is 0 Å². The van der Waals surface area contributed by atoms with Crippen molar-refractivity contribution in [1.29, 1.82) is 0 Å². The van der Waals surface area contributed by atoms with Gasteiger partial charge in [-0.25, -0.2) is 0 Å². The number of fused-ring (bicyclic) bond motifs is 1. The maximum atomic E-state index is 12.0. The quantitative estimate of drug-likeness (QED) is 0.766. The predicted molar refractivity (Wildman–Crippen MR) is 83.0 cm³/mol. The molecule has 1 aliphatic carbocycles. The predicted octanol–water partition coefficient (Wildman–Crippen LogP) is 1.34. The molecule has 1 aliphatic heterocycles. The van der Waals surface area contributed by atoms with Gasteiger partial charge in [0.15, 0.2) is 0 Å². The molecule has 2 amide bonds. The second kappa shape index (κ2) is 6.07. The number of benzene rings is 1. The summed E-state index contributed by atoms with van der Waals surface area (Å²) in [4.78, 5) is 25.0. The summed E-state index contributed by atoms with van der Waals surface area (Å²) in [6.45, 7) is 0.499. The molecule has 2 atom stereocenters. The van der Waals surface area contributed by atoms with E-state index in [0.29, 0.717) is 12.5 Å². The molecule has 21 heavy (non-hydrogen) atoms. The number of nitrogens with one attached hydrogen (secondary N) is 2. The van der Waals surface area contributed by atoms with Crippen LogP contribution in [-0.2, 0) is 9.59 Å². The third kappa shape index (κ3) is 3.57. The normalized spacial score (nSPS) is 22.1. The fraction of sp³-hybridized carbons (Fsp3) is 0.467. The number of para-hydroxylation sites is 1. The molecule has 1 heterocycles. The topological polar surface area (TPSA) is 84.2 Å². The van der Waals surface area contributed by atoms with Gasteiger partial charge >= 0.3 is 0 Å². The van der Waals surface area contributed by atoms with E-state index in [2.05, 4.69) is 10.6 Å². The Balaban J connectivity index is 1.52. The summed E-state index contributed by atoms with van der Waals surface area (Å²) < 4.78 is 0. The van der Waals surface area contributed by atoms with Crippen molar-refractivity contribution < 1.29 is 9.59 Å². The highest BCUT2D eigenvalue weighted by molar-refractivity contribution is 8.01. The van der Waals surface area contributed by atoms with Crippen LogP contribution in [0.2, 0.25) is 0 Å². The highest BCUT2D eigenvalue weighted by Crippen LogP contribution is 2.36. The molecule has 0 saturated heterocycles. The van der Waals surface area contributed by atoms with Gasteiger partial charge in [-0.2, -0.15) is 0 Å². The van der Waals surface area contributed by atoms with Crippen molar-refractivity contribution >= 4 is 29.3 Å². The maximum Gasteiger partial charge on any atom is 0.238 e. The Morgan fingerprint density at radius 3 is 2.95 bits per heavy atom. The molecule has 0 aromatic heterocycles. The van der Waals surface area contributed by atoms with Crippen LogP contribution >= 0.6 is 11.8 Å². The number of hydrogen-bond donors (Lipinski definition) is 3. The summed E-state index contributed by atoms with van der Waals surface area (Å²) in [6, 6.07) is 7.67. The zero-order valence-corrected chi connectivity index (χ0v) is 12.5. The minimum Gasteiger partial charge on any atom is -0.354 e. The smallest absolute Gasteiger partial charge is 0.238 e. The van der Waals surface area contributed by atoms with Gasteiger partial charge in [0.2, 0.25) is 11.8 Å². The molecule has 0 radical (unpaired) electrons. The van der Waals surface area contributed by atoms with Crippen LogP contribution in [0.4, 0.5) is 5.69 Å². The fourth-order valence-corrected chi connectivity index (χ4v) is 3.50. The van der Waals surface area contributed by atoms with Crippen molar-refractivity contribution in [3.05, 3.63) is 24.3 Å². The molecule has 2 unspecified atom stereocenters. The van der Waals surface area contributed by atoms with Crippen molar-refractivity contribution in [3.8, 4) is 0 Å². The number of thioether (sulfide) groups is 1. The van der Waals surface area contributed by atoms with Crippen molar-refractivity contribution in [2.45, 2.75) is 35.4 Å². The average Bonchev–Trinajstić information content (AvgIpc) is 3.30. The molecule has 1 fully saturated rings. The van der Waals surface area contributed by atoms with Crippen LogP contribution in [0, 0.1) is 5.92 Å². The van der Waals surface area contributed by atoms with Gasteiger partial charge in [-0.15, -0.1) is 11.8 Å².